The number of fused-ring (bicyclic) bond motifs is 1. The molecule has 26 heavy (non-hydrogen) atoms. The molecule has 0 saturated carbocycles. The third-order valence-electron chi connectivity index (χ3n) is 4.30. The molecular weight excluding hydrogens is 352 g/mol. The van der Waals surface area contributed by atoms with Crippen LogP contribution in [0.3, 0.4) is 0 Å². The molecule has 0 aliphatic heterocycles. The van der Waals surface area contributed by atoms with Crippen LogP contribution in [0, 0.1) is 17.0 Å². The van der Waals surface area contributed by atoms with E-state index in [0.717, 1.165) is 27.6 Å². The number of hydrogen-bond donors (Lipinski definition) is 0. The Morgan fingerprint density at radius 1 is 1.08 bits per heavy atom. The van der Waals surface area contributed by atoms with Gasteiger partial charge in [0.25, 0.3) is 5.69 Å². The maximum absolute atomic E-state index is 11.1. The summed E-state index contributed by atoms with van der Waals surface area (Å²) in [5.41, 5.74) is 3.71. The molecule has 0 unspecified atom stereocenters. The Bertz CT molecular complexity index is 1150. The summed E-state index contributed by atoms with van der Waals surface area (Å²) >= 11 is 5.98. The Balaban J connectivity index is 1.90. The zero-order valence-corrected chi connectivity index (χ0v) is 14.5. The molecule has 0 saturated heterocycles. The summed E-state index contributed by atoms with van der Waals surface area (Å²) in [7, 11) is 0. The first kappa shape index (κ1) is 16.2. The van der Waals surface area contributed by atoms with Crippen LogP contribution in [0.2, 0.25) is 5.15 Å². The number of benzene rings is 2. The Labute approximate surface area is 153 Å². The van der Waals surface area contributed by atoms with Gasteiger partial charge in [-0.2, -0.15) is 0 Å². The lowest BCUT2D eigenvalue weighted by atomic mass is 9.99. The molecular formula is C19H13ClN4O2. The summed E-state index contributed by atoms with van der Waals surface area (Å²) in [5, 5.41) is 12.5. The van der Waals surface area contributed by atoms with E-state index in [2.05, 4.69) is 9.97 Å². The van der Waals surface area contributed by atoms with Crippen LogP contribution in [0.1, 0.15) is 5.56 Å². The van der Waals surface area contributed by atoms with E-state index < -0.39 is 0 Å². The summed E-state index contributed by atoms with van der Waals surface area (Å²) in [6.07, 6.45) is 3.32. The van der Waals surface area contributed by atoms with E-state index in [0.29, 0.717) is 11.0 Å². The lowest BCUT2D eigenvalue weighted by molar-refractivity contribution is -0.384. The van der Waals surface area contributed by atoms with E-state index in [1.807, 2.05) is 42.0 Å². The Kier molecular flexibility index (Phi) is 3.89. The molecule has 2 aromatic carbocycles. The number of aryl methyl sites for hydroxylation is 1. The predicted molar refractivity (Wildman–Crippen MR) is 101 cm³/mol. The standard InChI is InChI=1S/C19H13ClN4O2/c1-12-2-5-15(24(25)26)9-16(12)14-4-3-13-6-7-23(17(13)8-14)19-10-18(20)21-11-22-19/h2-11H,1H3. The van der Waals surface area contributed by atoms with Crippen LogP contribution < -0.4 is 0 Å². The molecule has 0 spiro atoms. The van der Waals surface area contributed by atoms with Gasteiger partial charge in [-0.15, -0.1) is 0 Å². The van der Waals surface area contributed by atoms with Crippen LogP contribution in [-0.4, -0.2) is 19.5 Å². The zero-order valence-electron chi connectivity index (χ0n) is 13.8. The molecule has 0 amide bonds. The van der Waals surface area contributed by atoms with Gasteiger partial charge < -0.3 is 4.57 Å². The third kappa shape index (κ3) is 2.80. The first-order valence-electron chi connectivity index (χ1n) is 7.87. The van der Waals surface area contributed by atoms with Crippen molar-refractivity contribution < 1.29 is 4.92 Å². The number of rotatable bonds is 3. The molecule has 6 nitrogen and oxygen atoms in total. The monoisotopic (exact) mass is 364 g/mol. The fourth-order valence-electron chi connectivity index (χ4n) is 2.99. The quantitative estimate of drug-likeness (QED) is 0.292. The van der Waals surface area contributed by atoms with Crippen LogP contribution in [-0.2, 0) is 0 Å². The van der Waals surface area contributed by atoms with E-state index in [1.165, 1.54) is 12.4 Å². The summed E-state index contributed by atoms with van der Waals surface area (Å²) < 4.78 is 1.92. The highest BCUT2D eigenvalue weighted by Gasteiger charge is 2.12. The van der Waals surface area contributed by atoms with Crippen molar-refractivity contribution in [1.82, 2.24) is 14.5 Å². The van der Waals surface area contributed by atoms with Gasteiger partial charge in [-0.05, 0) is 35.7 Å². The third-order valence-corrected chi connectivity index (χ3v) is 4.51. The van der Waals surface area contributed by atoms with Gasteiger partial charge in [0.05, 0.1) is 10.4 Å². The summed E-state index contributed by atoms with van der Waals surface area (Å²) in [6, 6.07) is 14.5. The molecule has 2 aromatic heterocycles. The van der Waals surface area contributed by atoms with Crippen LogP contribution in [0.25, 0.3) is 27.8 Å². The Morgan fingerprint density at radius 3 is 2.69 bits per heavy atom. The molecule has 0 bridgehead atoms. The van der Waals surface area contributed by atoms with Gasteiger partial charge in [-0.25, -0.2) is 9.97 Å². The molecule has 0 atom stereocenters. The minimum atomic E-state index is -0.382. The fourth-order valence-corrected chi connectivity index (χ4v) is 3.13. The maximum Gasteiger partial charge on any atom is 0.270 e. The second-order valence-corrected chi connectivity index (χ2v) is 6.30. The fraction of sp³-hybridized carbons (Fsp3) is 0.0526. The number of nitro groups is 1. The highest BCUT2D eigenvalue weighted by Crippen LogP contribution is 2.31. The van der Waals surface area contributed by atoms with Crippen LogP contribution in [0.15, 0.2) is 61.1 Å². The topological polar surface area (TPSA) is 73.8 Å². The number of hydrogen-bond acceptors (Lipinski definition) is 4. The van der Waals surface area contributed by atoms with E-state index in [9.17, 15) is 10.1 Å². The zero-order chi connectivity index (χ0) is 18.3. The maximum atomic E-state index is 11.1. The molecule has 4 aromatic rings. The van der Waals surface area contributed by atoms with Gasteiger partial charge in [0.15, 0.2) is 0 Å². The van der Waals surface area contributed by atoms with Crippen molar-refractivity contribution in [1.29, 1.82) is 0 Å². The van der Waals surface area contributed by atoms with Gasteiger partial charge in [0.2, 0.25) is 0 Å². The molecule has 4 rings (SSSR count). The SMILES string of the molecule is Cc1ccc([N+](=O)[O-])cc1-c1ccc2ccn(-c3cc(Cl)ncn3)c2c1. The summed E-state index contributed by atoms with van der Waals surface area (Å²) in [6.45, 7) is 1.94. The number of nitrogens with zero attached hydrogens (tertiary/aromatic N) is 4. The normalized spacial score (nSPS) is 11.0. The number of non-ortho nitro benzene ring substituents is 1. The van der Waals surface area contributed by atoms with Crippen molar-refractivity contribution in [3.05, 3.63) is 81.9 Å². The summed E-state index contributed by atoms with van der Waals surface area (Å²) in [4.78, 5) is 18.9. The lowest BCUT2D eigenvalue weighted by Gasteiger charge is -2.09. The van der Waals surface area contributed by atoms with Crippen molar-refractivity contribution in [2.45, 2.75) is 6.92 Å². The molecule has 0 N–H and O–H groups in total. The van der Waals surface area contributed by atoms with Gasteiger partial charge in [-0.1, -0.05) is 29.8 Å². The minimum absolute atomic E-state index is 0.0728. The molecule has 0 aliphatic rings. The lowest BCUT2D eigenvalue weighted by Crippen LogP contribution is -1.96. The first-order chi connectivity index (χ1) is 12.5. The van der Waals surface area contributed by atoms with Crippen molar-refractivity contribution in [2.24, 2.45) is 0 Å². The van der Waals surface area contributed by atoms with Gasteiger partial charge in [0, 0.05) is 29.8 Å². The van der Waals surface area contributed by atoms with Crippen molar-refractivity contribution >= 4 is 28.2 Å². The van der Waals surface area contributed by atoms with Crippen molar-refractivity contribution in [2.75, 3.05) is 0 Å². The molecule has 0 fully saturated rings. The summed E-state index contributed by atoms with van der Waals surface area (Å²) in [5.74, 6) is 0.660. The van der Waals surface area contributed by atoms with Crippen molar-refractivity contribution in [3.63, 3.8) is 0 Å². The first-order valence-corrected chi connectivity index (χ1v) is 8.25. The molecule has 0 radical (unpaired) electrons. The number of aromatic nitrogens is 3. The van der Waals surface area contributed by atoms with Gasteiger partial charge in [0.1, 0.15) is 17.3 Å². The highest BCUT2D eigenvalue weighted by molar-refractivity contribution is 6.29. The average Bonchev–Trinajstić information content (AvgIpc) is 3.05. The molecule has 0 aliphatic carbocycles. The minimum Gasteiger partial charge on any atom is -0.301 e. The van der Waals surface area contributed by atoms with E-state index >= 15 is 0 Å². The molecule has 2 heterocycles. The average molecular weight is 365 g/mol. The Hall–Kier alpha value is -3.25. The van der Waals surface area contributed by atoms with Gasteiger partial charge in [-0.3, -0.25) is 10.1 Å². The number of nitro benzene ring substituents is 1. The van der Waals surface area contributed by atoms with Crippen molar-refractivity contribution in [3.8, 4) is 16.9 Å². The van der Waals surface area contributed by atoms with Crippen LogP contribution in [0.4, 0.5) is 5.69 Å². The largest absolute Gasteiger partial charge is 0.301 e. The van der Waals surface area contributed by atoms with E-state index in [-0.39, 0.29) is 10.6 Å². The van der Waals surface area contributed by atoms with Crippen LogP contribution in [0.5, 0.6) is 0 Å². The Morgan fingerprint density at radius 2 is 1.92 bits per heavy atom. The highest BCUT2D eigenvalue weighted by atomic mass is 35.5. The number of halogens is 1. The molecule has 7 heteroatoms. The van der Waals surface area contributed by atoms with Crippen LogP contribution >= 0.6 is 11.6 Å². The molecule has 128 valence electrons. The van der Waals surface area contributed by atoms with E-state index in [1.54, 1.807) is 18.2 Å². The van der Waals surface area contributed by atoms with E-state index in [4.69, 9.17) is 11.6 Å². The predicted octanol–water partition coefficient (Wildman–Crippen LogP) is 4.96. The van der Waals surface area contributed by atoms with Gasteiger partial charge >= 0.3 is 0 Å². The smallest absolute Gasteiger partial charge is 0.270 e. The second kappa shape index (κ2) is 6.24. The second-order valence-electron chi connectivity index (χ2n) is 5.91.